The van der Waals surface area contributed by atoms with E-state index in [1.807, 2.05) is 17.7 Å². The fourth-order valence-corrected chi connectivity index (χ4v) is 2.12. The van der Waals surface area contributed by atoms with Crippen molar-refractivity contribution in [3.05, 3.63) is 21.9 Å². The molecule has 0 aliphatic heterocycles. The summed E-state index contributed by atoms with van der Waals surface area (Å²) in [6, 6.07) is 0. The Bertz CT molecular complexity index is 296. The molecule has 1 unspecified atom stereocenters. The molecule has 2 N–H and O–H groups in total. The van der Waals surface area contributed by atoms with Gasteiger partial charge in [-0.05, 0) is 28.8 Å². The van der Waals surface area contributed by atoms with E-state index in [2.05, 4.69) is 4.74 Å². The van der Waals surface area contributed by atoms with Gasteiger partial charge in [-0.25, -0.2) is 0 Å². The van der Waals surface area contributed by atoms with Gasteiger partial charge in [-0.3, -0.25) is 4.79 Å². The molecular formula is C9H13NO2S. The predicted octanol–water partition coefficient (Wildman–Crippen LogP) is 1.27. The number of nitrogens with two attached hydrogens (primary N) is 1. The molecular weight excluding hydrogens is 186 g/mol. The van der Waals surface area contributed by atoms with Crippen LogP contribution < -0.4 is 5.73 Å². The van der Waals surface area contributed by atoms with Gasteiger partial charge in [0.1, 0.15) is 0 Å². The third-order valence-electron chi connectivity index (χ3n) is 1.99. The summed E-state index contributed by atoms with van der Waals surface area (Å²) in [6.07, 6.45) is 0. The molecule has 1 atom stereocenters. The predicted molar refractivity (Wildman–Crippen MR) is 52.9 cm³/mol. The van der Waals surface area contributed by atoms with Crippen LogP contribution in [0.1, 0.15) is 17.0 Å². The Morgan fingerprint density at radius 1 is 1.69 bits per heavy atom. The second kappa shape index (κ2) is 4.39. The summed E-state index contributed by atoms with van der Waals surface area (Å²) in [5, 5.41) is 3.95. The topological polar surface area (TPSA) is 52.3 Å². The lowest BCUT2D eigenvalue weighted by atomic mass is 9.99. The first-order valence-electron chi connectivity index (χ1n) is 4.01. The average Bonchev–Trinajstić information content (AvgIpc) is 2.53. The average molecular weight is 199 g/mol. The van der Waals surface area contributed by atoms with Gasteiger partial charge in [0.05, 0.1) is 13.0 Å². The Hall–Kier alpha value is -0.870. The molecule has 0 bridgehead atoms. The summed E-state index contributed by atoms with van der Waals surface area (Å²) in [5.41, 5.74) is 7.60. The van der Waals surface area contributed by atoms with E-state index in [1.165, 1.54) is 7.11 Å². The molecule has 0 aliphatic rings. The maximum atomic E-state index is 11.3. The van der Waals surface area contributed by atoms with Crippen LogP contribution in [0.2, 0.25) is 0 Å². The minimum atomic E-state index is -0.309. The molecule has 13 heavy (non-hydrogen) atoms. The van der Waals surface area contributed by atoms with Crippen molar-refractivity contribution in [3.63, 3.8) is 0 Å². The number of carbonyl (C=O) groups excluding carboxylic acids is 1. The van der Waals surface area contributed by atoms with Crippen LogP contribution in [0.15, 0.2) is 10.8 Å². The molecule has 0 spiro atoms. The van der Waals surface area contributed by atoms with E-state index in [4.69, 9.17) is 5.73 Å². The highest BCUT2D eigenvalue weighted by Crippen LogP contribution is 2.23. The van der Waals surface area contributed by atoms with Gasteiger partial charge in [-0.2, -0.15) is 11.3 Å². The summed E-state index contributed by atoms with van der Waals surface area (Å²) in [6.45, 7) is 2.27. The normalized spacial score (nSPS) is 12.5. The van der Waals surface area contributed by atoms with E-state index in [-0.39, 0.29) is 11.9 Å². The lowest BCUT2D eigenvalue weighted by Crippen LogP contribution is -2.22. The lowest BCUT2D eigenvalue weighted by Gasteiger charge is -2.11. The highest BCUT2D eigenvalue weighted by Gasteiger charge is 2.21. The molecule has 1 heterocycles. The van der Waals surface area contributed by atoms with Crippen LogP contribution >= 0.6 is 11.3 Å². The maximum Gasteiger partial charge on any atom is 0.314 e. The summed E-state index contributed by atoms with van der Waals surface area (Å²) in [4.78, 5) is 11.3. The highest BCUT2D eigenvalue weighted by molar-refractivity contribution is 7.08. The first kappa shape index (κ1) is 10.2. The second-order valence-corrected chi connectivity index (χ2v) is 3.57. The van der Waals surface area contributed by atoms with Crippen molar-refractivity contribution >= 4 is 17.3 Å². The number of thiophene rings is 1. The highest BCUT2D eigenvalue weighted by atomic mass is 32.1. The fraction of sp³-hybridized carbons (Fsp3) is 0.444. The smallest absolute Gasteiger partial charge is 0.314 e. The van der Waals surface area contributed by atoms with Crippen LogP contribution in [-0.2, 0) is 9.53 Å². The maximum absolute atomic E-state index is 11.3. The van der Waals surface area contributed by atoms with E-state index in [1.54, 1.807) is 11.3 Å². The zero-order chi connectivity index (χ0) is 9.84. The Kier molecular flexibility index (Phi) is 3.45. The van der Waals surface area contributed by atoms with E-state index < -0.39 is 0 Å². The molecule has 0 fully saturated rings. The molecule has 1 aromatic heterocycles. The second-order valence-electron chi connectivity index (χ2n) is 2.82. The van der Waals surface area contributed by atoms with E-state index in [9.17, 15) is 4.79 Å². The van der Waals surface area contributed by atoms with Crippen molar-refractivity contribution in [1.82, 2.24) is 0 Å². The van der Waals surface area contributed by atoms with Crippen molar-refractivity contribution in [1.29, 1.82) is 0 Å². The monoisotopic (exact) mass is 199 g/mol. The quantitative estimate of drug-likeness (QED) is 0.746. The van der Waals surface area contributed by atoms with E-state index in [0.717, 1.165) is 11.1 Å². The van der Waals surface area contributed by atoms with Gasteiger partial charge >= 0.3 is 5.97 Å². The molecule has 72 valence electrons. The van der Waals surface area contributed by atoms with Crippen LogP contribution in [0.5, 0.6) is 0 Å². The summed E-state index contributed by atoms with van der Waals surface area (Å²) < 4.78 is 4.67. The van der Waals surface area contributed by atoms with E-state index >= 15 is 0 Å². The Labute approximate surface area is 81.5 Å². The fourth-order valence-electron chi connectivity index (χ4n) is 1.22. The first-order valence-corrected chi connectivity index (χ1v) is 4.95. The number of rotatable bonds is 3. The zero-order valence-corrected chi connectivity index (χ0v) is 8.56. The van der Waals surface area contributed by atoms with Crippen molar-refractivity contribution in [3.8, 4) is 0 Å². The number of esters is 1. The molecule has 0 radical (unpaired) electrons. The van der Waals surface area contributed by atoms with Crippen LogP contribution in [0, 0.1) is 6.92 Å². The number of hydrogen-bond acceptors (Lipinski definition) is 4. The van der Waals surface area contributed by atoms with Gasteiger partial charge in [0.2, 0.25) is 0 Å². The molecule has 0 aromatic carbocycles. The van der Waals surface area contributed by atoms with Crippen molar-refractivity contribution in [2.45, 2.75) is 12.8 Å². The molecule has 0 saturated carbocycles. The molecule has 1 aromatic rings. The van der Waals surface area contributed by atoms with Crippen molar-refractivity contribution < 1.29 is 9.53 Å². The number of hydrogen-bond donors (Lipinski definition) is 1. The largest absolute Gasteiger partial charge is 0.469 e. The lowest BCUT2D eigenvalue weighted by molar-refractivity contribution is -0.142. The van der Waals surface area contributed by atoms with Gasteiger partial charge in [-0.1, -0.05) is 0 Å². The van der Waals surface area contributed by atoms with Crippen LogP contribution in [0.4, 0.5) is 0 Å². The minimum Gasteiger partial charge on any atom is -0.469 e. The van der Waals surface area contributed by atoms with Crippen LogP contribution in [0.3, 0.4) is 0 Å². The Balaban J connectivity index is 2.90. The summed E-state index contributed by atoms with van der Waals surface area (Å²) in [7, 11) is 1.38. The molecule has 4 heteroatoms. The third kappa shape index (κ3) is 2.08. The number of methoxy groups -OCH3 is 1. The van der Waals surface area contributed by atoms with Gasteiger partial charge in [0.25, 0.3) is 0 Å². The SMILES string of the molecule is COC(=O)C(CN)c1cscc1C. The Morgan fingerprint density at radius 3 is 2.77 bits per heavy atom. The molecule has 0 aliphatic carbocycles. The van der Waals surface area contributed by atoms with Gasteiger partial charge in [-0.15, -0.1) is 0 Å². The number of ether oxygens (including phenoxy) is 1. The van der Waals surface area contributed by atoms with E-state index in [0.29, 0.717) is 6.54 Å². The summed E-state index contributed by atoms with van der Waals surface area (Å²) >= 11 is 1.57. The number of aryl methyl sites for hydroxylation is 1. The van der Waals surface area contributed by atoms with Crippen molar-refractivity contribution in [2.24, 2.45) is 5.73 Å². The Morgan fingerprint density at radius 2 is 2.38 bits per heavy atom. The standard InChI is InChI=1S/C9H13NO2S/c1-6-4-13-5-8(6)7(3-10)9(11)12-2/h4-5,7H,3,10H2,1-2H3. The summed E-state index contributed by atoms with van der Waals surface area (Å²) in [5.74, 6) is -0.569. The first-order chi connectivity index (χ1) is 6.20. The zero-order valence-electron chi connectivity index (χ0n) is 7.74. The van der Waals surface area contributed by atoms with Crippen molar-refractivity contribution in [2.75, 3.05) is 13.7 Å². The van der Waals surface area contributed by atoms with Crippen LogP contribution in [-0.4, -0.2) is 19.6 Å². The number of carbonyl (C=O) groups is 1. The van der Waals surface area contributed by atoms with Gasteiger partial charge < -0.3 is 10.5 Å². The van der Waals surface area contributed by atoms with Gasteiger partial charge in [0.15, 0.2) is 0 Å². The molecule has 3 nitrogen and oxygen atoms in total. The van der Waals surface area contributed by atoms with Gasteiger partial charge in [0, 0.05) is 6.54 Å². The molecule has 1 rings (SSSR count). The molecule has 0 amide bonds. The third-order valence-corrected chi connectivity index (χ3v) is 2.87. The minimum absolute atomic E-state index is 0.260. The van der Waals surface area contributed by atoms with Crippen LogP contribution in [0.25, 0.3) is 0 Å². The molecule has 0 saturated heterocycles.